The lowest BCUT2D eigenvalue weighted by Gasteiger charge is -2.35. The van der Waals surface area contributed by atoms with E-state index in [9.17, 15) is 22.8 Å². The fraction of sp³-hybridized carbons (Fsp3) is 0.571. The van der Waals surface area contributed by atoms with Crippen molar-refractivity contribution in [2.45, 2.75) is 12.2 Å². The van der Waals surface area contributed by atoms with Gasteiger partial charge in [0.25, 0.3) is 11.5 Å². The van der Waals surface area contributed by atoms with Crippen molar-refractivity contribution in [1.82, 2.24) is 20.1 Å². The summed E-state index contributed by atoms with van der Waals surface area (Å²) in [6, 6.07) is 1.03. The third kappa shape index (κ3) is 4.32. The molecule has 6 nitrogen and oxygen atoms in total. The summed E-state index contributed by atoms with van der Waals surface area (Å²) >= 11 is 0. The second-order valence-corrected chi connectivity index (χ2v) is 5.39. The molecule has 9 heteroatoms. The number of piperazine rings is 1. The van der Waals surface area contributed by atoms with E-state index in [1.165, 1.54) is 34.8 Å². The minimum Gasteiger partial charge on any atom is -0.350 e. The quantitative estimate of drug-likeness (QED) is 0.812. The molecule has 0 aromatic carbocycles. The molecule has 1 aromatic heterocycles. The van der Waals surface area contributed by atoms with Gasteiger partial charge in [0.2, 0.25) is 0 Å². The van der Waals surface area contributed by atoms with E-state index < -0.39 is 30.2 Å². The van der Waals surface area contributed by atoms with Gasteiger partial charge in [-0.1, -0.05) is 0 Å². The molecular weight excluding hydrogens is 313 g/mol. The highest BCUT2D eigenvalue weighted by molar-refractivity contribution is 5.93. The lowest BCUT2D eigenvalue weighted by Crippen LogP contribution is -2.57. The molecule has 0 radical (unpaired) electrons. The Morgan fingerprint density at radius 3 is 2.65 bits per heavy atom. The SMILES string of the molecule is Cn1cccc(C(=O)NCC(N2CCNCC2)C(F)(F)F)c1=O. The smallest absolute Gasteiger partial charge is 0.350 e. The number of hydrogen-bond donors (Lipinski definition) is 2. The van der Waals surface area contributed by atoms with Gasteiger partial charge in [0.15, 0.2) is 0 Å². The van der Waals surface area contributed by atoms with Crippen molar-refractivity contribution in [3.63, 3.8) is 0 Å². The zero-order valence-electron chi connectivity index (χ0n) is 12.7. The molecule has 1 unspecified atom stereocenters. The Bertz CT molecular complexity index is 609. The van der Waals surface area contributed by atoms with Crippen LogP contribution >= 0.6 is 0 Å². The van der Waals surface area contributed by atoms with Crippen molar-refractivity contribution in [1.29, 1.82) is 0 Å². The number of halogens is 3. The summed E-state index contributed by atoms with van der Waals surface area (Å²) in [6.07, 6.45) is -2.98. The van der Waals surface area contributed by atoms with E-state index in [2.05, 4.69) is 10.6 Å². The van der Waals surface area contributed by atoms with Gasteiger partial charge in [-0.25, -0.2) is 0 Å². The molecule has 1 atom stereocenters. The summed E-state index contributed by atoms with van der Waals surface area (Å²) in [5.74, 6) is -0.796. The van der Waals surface area contributed by atoms with E-state index in [1.807, 2.05) is 0 Å². The van der Waals surface area contributed by atoms with Gasteiger partial charge in [0, 0.05) is 46.0 Å². The Kier molecular flexibility index (Phi) is 5.42. The maximum absolute atomic E-state index is 13.2. The highest BCUT2D eigenvalue weighted by Gasteiger charge is 2.43. The molecule has 1 aliphatic heterocycles. The Morgan fingerprint density at radius 1 is 1.39 bits per heavy atom. The van der Waals surface area contributed by atoms with Crippen molar-refractivity contribution < 1.29 is 18.0 Å². The van der Waals surface area contributed by atoms with Crippen molar-refractivity contribution in [3.8, 4) is 0 Å². The number of alkyl halides is 3. The van der Waals surface area contributed by atoms with E-state index in [1.54, 1.807) is 0 Å². The number of hydrogen-bond acceptors (Lipinski definition) is 4. The second kappa shape index (κ2) is 7.14. The minimum absolute atomic E-state index is 0.170. The number of carbonyl (C=O) groups excluding carboxylic acids is 1. The van der Waals surface area contributed by atoms with Gasteiger partial charge in [-0.3, -0.25) is 14.5 Å². The molecule has 23 heavy (non-hydrogen) atoms. The summed E-state index contributed by atoms with van der Waals surface area (Å²) in [6.45, 7) is 0.875. The number of aromatic nitrogens is 1. The molecular formula is C14H19F3N4O2. The first-order valence-corrected chi connectivity index (χ1v) is 7.26. The Morgan fingerprint density at radius 2 is 2.04 bits per heavy atom. The first kappa shape index (κ1) is 17.5. The number of amides is 1. The van der Waals surface area contributed by atoms with Crippen LogP contribution in [0, 0.1) is 0 Å². The molecule has 1 fully saturated rings. The van der Waals surface area contributed by atoms with Gasteiger partial charge >= 0.3 is 6.18 Å². The van der Waals surface area contributed by atoms with Crippen LogP contribution in [0.4, 0.5) is 13.2 Å². The predicted octanol–water partition coefficient (Wildman–Crippen LogP) is -0.0488. The van der Waals surface area contributed by atoms with Crippen molar-refractivity contribution in [3.05, 3.63) is 34.2 Å². The van der Waals surface area contributed by atoms with Crippen LogP contribution in [0.3, 0.4) is 0 Å². The molecule has 128 valence electrons. The highest BCUT2D eigenvalue weighted by Crippen LogP contribution is 2.24. The maximum Gasteiger partial charge on any atom is 0.405 e. The predicted molar refractivity (Wildman–Crippen MR) is 78.3 cm³/mol. The van der Waals surface area contributed by atoms with Crippen LogP contribution < -0.4 is 16.2 Å². The zero-order chi connectivity index (χ0) is 17.0. The number of nitrogens with zero attached hydrogens (tertiary/aromatic N) is 2. The fourth-order valence-corrected chi connectivity index (χ4v) is 2.50. The van der Waals surface area contributed by atoms with Crippen LogP contribution in [0.25, 0.3) is 0 Å². The molecule has 0 bridgehead atoms. The van der Waals surface area contributed by atoms with Gasteiger partial charge in [0.1, 0.15) is 11.6 Å². The summed E-state index contributed by atoms with van der Waals surface area (Å²) in [5, 5.41) is 5.22. The lowest BCUT2D eigenvalue weighted by molar-refractivity contribution is -0.183. The molecule has 0 aliphatic carbocycles. The van der Waals surface area contributed by atoms with Crippen LogP contribution in [-0.2, 0) is 7.05 Å². The van der Waals surface area contributed by atoms with Gasteiger partial charge in [-0.05, 0) is 12.1 Å². The summed E-state index contributed by atoms with van der Waals surface area (Å²) in [7, 11) is 1.47. The third-order valence-corrected chi connectivity index (χ3v) is 3.79. The monoisotopic (exact) mass is 332 g/mol. The van der Waals surface area contributed by atoms with E-state index >= 15 is 0 Å². The molecule has 1 saturated heterocycles. The fourth-order valence-electron chi connectivity index (χ4n) is 2.50. The summed E-state index contributed by atoms with van der Waals surface area (Å²) in [5.41, 5.74) is -0.716. The zero-order valence-corrected chi connectivity index (χ0v) is 12.7. The average Bonchev–Trinajstić information content (AvgIpc) is 2.50. The first-order valence-electron chi connectivity index (χ1n) is 7.26. The number of nitrogens with one attached hydrogen (secondary N) is 2. The highest BCUT2D eigenvalue weighted by atomic mass is 19.4. The standard InChI is InChI=1S/C14H19F3N4O2/c1-20-6-2-3-10(13(20)23)12(22)19-9-11(14(15,16)17)21-7-4-18-5-8-21/h2-3,6,11,18H,4-5,7-9H2,1H3,(H,19,22). The van der Waals surface area contributed by atoms with Gasteiger partial charge in [-0.15, -0.1) is 0 Å². The topological polar surface area (TPSA) is 66.4 Å². The Balaban J connectivity index is 2.07. The van der Waals surface area contributed by atoms with E-state index in [-0.39, 0.29) is 18.7 Å². The summed E-state index contributed by atoms with van der Waals surface area (Å²) < 4.78 is 40.9. The molecule has 1 aromatic rings. The normalized spacial score (nSPS) is 17.7. The first-order chi connectivity index (χ1) is 10.8. The van der Waals surface area contributed by atoms with Crippen LogP contribution in [0.15, 0.2) is 23.1 Å². The molecule has 2 N–H and O–H groups in total. The number of carbonyl (C=O) groups is 1. The Labute approximate surface area is 131 Å². The minimum atomic E-state index is -4.45. The number of rotatable bonds is 4. The van der Waals surface area contributed by atoms with Crippen LogP contribution in [-0.4, -0.2) is 60.3 Å². The van der Waals surface area contributed by atoms with Crippen molar-refractivity contribution in [2.75, 3.05) is 32.7 Å². The average molecular weight is 332 g/mol. The molecule has 1 aliphatic rings. The molecule has 1 amide bonds. The molecule has 2 heterocycles. The maximum atomic E-state index is 13.2. The van der Waals surface area contributed by atoms with Gasteiger partial charge < -0.3 is 15.2 Å². The van der Waals surface area contributed by atoms with Crippen molar-refractivity contribution >= 4 is 5.91 Å². The van der Waals surface area contributed by atoms with Crippen LogP contribution in [0.5, 0.6) is 0 Å². The van der Waals surface area contributed by atoms with Gasteiger partial charge in [0.05, 0.1) is 0 Å². The third-order valence-electron chi connectivity index (χ3n) is 3.79. The number of aryl methyl sites for hydroxylation is 1. The van der Waals surface area contributed by atoms with Crippen molar-refractivity contribution in [2.24, 2.45) is 7.05 Å². The Hall–Kier alpha value is -1.87. The summed E-state index contributed by atoms with van der Waals surface area (Å²) in [4.78, 5) is 25.1. The molecule has 2 rings (SSSR count). The lowest BCUT2D eigenvalue weighted by atomic mass is 10.2. The van der Waals surface area contributed by atoms with Gasteiger partial charge in [-0.2, -0.15) is 13.2 Å². The number of pyridine rings is 1. The molecule has 0 spiro atoms. The van der Waals surface area contributed by atoms with E-state index in [4.69, 9.17) is 0 Å². The second-order valence-electron chi connectivity index (χ2n) is 5.39. The van der Waals surface area contributed by atoms with Crippen LogP contribution in [0.1, 0.15) is 10.4 Å². The van der Waals surface area contributed by atoms with Crippen LogP contribution in [0.2, 0.25) is 0 Å². The van der Waals surface area contributed by atoms with E-state index in [0.717, 1.165) is 0 Å². The molecule has 0 saturated carbocycles. The largest absolute Gasteiger partial charge is 0.405 e. The van der Waals surface area contributed by atoms with E-state index in [0.29, 0.717) is 13.1 Å².